The lowest BCUT2D eigenvalue weighted by Gasteiger charge is -2.37. The number of fused-ring (bicyclic) bond motifs is 2. The molecule has 4 atom stereocenters. The van der Waals surface area contributed by atoms with Gasteiger partial charge in [-0.1, -0.05) is 20.8 Å². The van der Waals surface area contributed by atoms with E-state index in [0.717, 1.165) is 0 Å². The van der Waals surface area contributed by atoms with Gasteiger partial charge in [-0.3, -0.25) is 4.57 Å². The Hall–Kier alpha value is -1.66. The standard InChI is InChI=1S/C19H30FN5O4Si/c1-18(2,3)30(6,7)26-8-10-12-13(29-19(4,5)28-12)16(27-10)25-9-22-11-14(21)23-17(20)24-15(11)25/h9-10,12-13,16H,8H2,1-7H3,(H2,21,23,24)/t10-,12-,13-,16?/m1/s1. The molecule has 2 fully saturated rings. The Morgan fingerprint density at radius 1 is 1.23 bits per heavy atom. The van der Waals surface area contributed by atoms with Crippen LogP contribution in [0.1, 0.15) is 40.8 Å². The highest BCUT2D eigenvalue weighted by atomic mass is 28.4. The Kier molecular flexibility index (Phi) is 4.98. The zero-order chi connectivity index (χ0) is 22.1. The van der Waals surface area contributed by atoms with Crippen LogP contribution in [0.15, 0.2) is 6.33 Å². The highest BCUT2D eigenvalue weighted by Gasteiger charge is 2.56. The summed E-state index contributed by atoms with van der Waals surface area (Å²) in [6, 6.07) is 0. The molecule has 2 aromatic rings. The lowest BCUT2D eigenvalue weighted by molar-refractivity contribution is -0.199. The van der Waals surface area contributed by atoms with Crippen LogP contribution in [0.4, 0.5) is 10.2 Å². The van der Waals surface area contributed by atoms with Crippen molar-refractivity contribution in [3.05, 3.63) is 12.4 Å². The van der Waals surface area contributed by atoms with E-state index in [2.05, 4.69) is 48.8 Å². The number of ether oxygens (including phenoxy) is 3. The smallest absolute Gasteiger partial charge is 0.312 e. The first-order valence-electron chi connectivity index (χ1n) is 10.1. The summed E-state index contributed by atoms with van der Waals surface area (Å²) in [7, 11) is -1.98. The van der Waals surface area contributed by atoms with Gasteiger partial charge in [0.2, 0.25) is 0 Å². The van der Waals surface area contributed by atoms with Gasteiger partial charge in [0.15, 0.2) is 37.3 Å². The number of aromatic nitrogens is 4. The molecule has 9 nitrogen and oxygen atoms in total. The molecule has 0 aliphatic carbocycles. The number of imidazole rings is 1. The van der Waals surface area contributed by atoms with Crippen LogP contribution < -0.4 is 5.73 Å². The Balaban J connectivity index is 1.64. The van der Waals surface area contributed by atoms with Crippen LogP contribution in [0.25, 0.3) is 11.2 Å². The topological polar surface area (TPSA) is 107 Å². The van der Waals surface area contributed by atoms with Crippen molar-refractivity contribution in [2.75, 3.05) is 12.3 Å². The Morgan fingerprint density at radius 2 is 1.90 bits per heavy atom. The molecule has 2 N–H and O–H groups in total. The molecule has 166 valence electrons. The average molecular weight is 440 g/mol. The van der Waals surface area contributed by atoms with Crippen LogP contribution in [0.3, 0.4) is 0 Å². The maximum atomic E-state index is 13.8. The van der Waals surface area contributed by atoms with Gasteiger partial charge in [0.25, 0.3) is 0 Å². The molecule has 30 heavy (non-hydrogen) atoms. The summed E-state index contributed by atoms with van der Waals surface area (Å²) in [6.45, 7) is 15.1. The zero-order valence-corrected chi connectivity index (χ0v) is 19.5. The molecule has 0 radical (unpaired) electrons. The third-order valence-electron chi connectivity index (χ3n) is 6.24. The summed E-state index contributed by atoms with van der Waals surface area (Å²) < 4.78 is 40.4. The molecular formula is C19H30FN5O4Si. The summed E-state index contributed by atoms with van der Waals surface area (Å²) in [5.41, 5.74) is 6.37. The third-order valence-corrected chi connectivity index (χ3v) is 10.7. The van der Waals surface area contributed by atoms with E-state index < -0.39 is 32.5 Å². The molecule has 4 heterocycles. The van der Waals surface area contributed by atoms with Crippen molar-refractivity contribution in [1.29, 1.82) is 0 Å². The first-order valence-corrected chi connectivity index (χ1v) is 13.0. The maximum Gasteiger partial charge on any atom is 0.312 e. The molecule has 1 unspecified atom stereocenters. The van der Waals surface area contributed by atoms with E-state index in [1.165, 1.54) is 6.33 Å². The van der Waals surface area contributed by atoms with Crippen LogP contribution >= 0.6 is 0 Å². The number of anilines is 1. The number of nitrogens with zero attached hydrogens (tertiary/aromatic N) is 4. The highest BCUT2D eigenvalue weighted by Crippen LogP contribution is 2.45. The molecular weight excluding hydrogens is 409 g/mol. The minimum absolute atomic E-state index is 0.0208. The normalized spacial score (nSPS) is 28.9. The third kappa shape index (κ3) is 3.62. The molecule has 0 aromatic carbocycles. The van der Waals surface area contributed by atoms with Crippen molar-refractivity contribution < 1.29 is 23.0 Å². The summed E-state index contributed by atoms with van der Waals surface area (Å²) in [5.74, 6) is -0.796. The van der Waals surface area contributed by atoms with Gasteiger partial charge >= 0.3 is 6.08 Å². The fourth-order valence-corrected chi connectivity index (χ4v) is 4.64. The minimum atomic E-state index is -1.98. The van der Waals surface area contributed by atoms with Crippen molar-refractivity contribution in [3.8, 4) is 0 Å². The van der Waals surface area contributed by atoms with Gasteiger partial charge < -0.3 is 24.4 Å². The van der Waals surface area contributed by atoms with Gasteiger partial charge in [0.05, 0.1) is 12.9 Å². The predicted octanol–water partition coefficient (Wildman–Crippen LogP) is 2.99. The van der Waals surface area contributed by atoms with E-state index in [9.17, 15) is 4.39 Å². The number of nitrogens with two attached hydrogens (primary N) is 1. The monoisotopic (exact) mass is 439 g/mol. The quantitative estimate of drug-likeness (QED) is 0.572. The molecule has 2 aliphatic rings. The van der Waals surface area contributed by atoms with E-state index in [-0.39, 0.29) is 28.7 Å². The van der Waals surface area contributed by atoms with E-state index >= 15 is 0 Å². The number of rotatable bonds is 4. The van der Waals surface area contributed by atoms with Crippen LogP contribution in [-0.2, 0) is 18.6 Å². The SMILES string of the molecule is CC1(C)O[C@@H]2[C@@H](CO[Si](C)(C)C(C)(C)C)OC(n3cnc4c(N)nc(F)nc43)[C@@H]2O1. The summed E-state index contributed by atoms with van der Waals surface area (Å²) in [5, 5.41) is 0.0727. The van der Waals surface area contributed by atoms with Crippen LogP contribution in [0.5, 0.6) is 0 Å². The first kappa shape index (κ1) is 21.6. The van der Waals surface area contributed by atoms with Gasteiger partial charge in [-0.05, 0) is 32.0 Å². The van der Waals surface area contributed by atoms with Gasteiger partial charge in [0, 0.05) is 0 Å². The Morgan fingerprint density at radius 3 is 2.57 bits per heavy atom. The molecule has 2 aromatic heterocycles. The maximum absolute atomic E-state index is 13.8. The summed E-state index contributed by atoms with van der Waals surface area (Å²) in [6.07, 6.45) is -1.12. The van der Waals surface area contributed by atoms with E-state index in [4.69, 9.17) is 24.4 Å². The molecule has 2 saturated heterocycles. The van der Waals surface area contributed by atoms with Crippen LogP contribution in [0, 0.1) is 6.08 Å². The van der Waals surface area contributed by atoms with E-state index in [1.54, 1.807) is 4.57 Å². The van der Waals surface area contributed by atoms with Crippen molar-refractivity contribution in [1.82, 2.24) is 19.5 Å². The number of nitrogen functional groups attached to an aromatic ring is 1. The predicted molar refractivity (Wildman–Crippen MR) is 111 cm³/mol. The van der Waals surface area contributed by atoms with Gasteiger partial charge in [-0.25, -0.2) is 4.98 Å². The van der Waals surface area contributed by atoms with Crippen LogP contribution in [0.2, 0.25) is 18.1 Å². The molecule has 2 aliphatic heterocycles. The minimum Gasteiger partial charge on any atom is -0.414 e. The largest absolute Gasteiger partial charge is 0.414 e. The van der Waals surface area contributed by atoms with Crippen molar-refractivity contribution in [2.45, 2.75) is 83.1 Å². The molecule has 4 rings (SSSR count). The second-order valence-electron chi connectivity index (χ2n) is 9.90. The van der Waals surface area contributed by atoms with E-state index in [1.807, 2.05) is 13.8 Å². The molecule has 11 heteroatoms. The molecule has 0 spiro atoms. The molecule has 0 saturated carbocycles. The summed E-state index contributed by atoms with van der Waals surface area (Å²) >= 11 is 0. The fraction of sp³-hybridized carbons (Fsp3) is 0.737. The second kappa shape index (κ2) is 6.92. The van der Waals surface area contributed by atoms with Crippen molar-refractivity contribution in [2.24, 2.45) is 0 Å². The van der Waals surface area contributed by atoms with Gasteiger partial charge in [-0.15, -0.1) is 0 Å². The molecule has 0 amide bonds. The van der Waals surface area contributed by atoms with E-state index in [0.29, 0.717) is 12.1 Å². The van der Waals surface area contributed by atoms with Crippen molar-refractivity contribution >= 4 is 25.3 Å². The average Bonchev–Trinajstić information content (AvgIpc) is 3.23. The Bertz CT molecular complexity index is 960. The number of hydrogen-bond acceptors (Lipinski definition) is 8. The fourth-order valence-electron chi connectivity index (χ4n) is 3.62. The highest BCUT2D eigenvalue weighted by molar-refractivity contribution is 6.74. The first-order chi connectivity index (χ1) is 13.8. The summed E-state index contributed by atoms with van der Waals surface area (Å²) in [4.78, 5) is 11.7. The Labute approximate surface area is 176 Å². The number of hydrogen-bond donors (Lipinski definition) is 1. The van der Waals surface area contributed by atoms with Crippen molar-refractivity contribution in [3.63, 3.8) is 0 Å². The number of halogens is 1. The molecule has 0 bridgehead atoms. The van der Waals surface area contributed by atoms with Gasteiger partial charge in [-0.2, -0.15) is 14.4 Å². The second-order valence-corrected chi connectivity index (χ2v) is 14.7. The van der Waals surface area contributed by atoms with Gasteiger partial charge in [0.1, 0.15) is 18.3 Å². The lowest BCUT2D eigenvalue weighted by Crippen LogP contribution is -2.44. The van der Waals surface area contributed by atoms with Crippen LogP contribution in [-0.4, -0.2) is 58.5 Å². The lowest BCUT2D eigenvalue weighted by atomic mass is 10.1. The zero-order valence-electron chi connectivity index (χ0n) is 18.5.